The van der Waals surface area contributed by atoms with E-state index in [9.17, 15) is 0 Å². The van der Waals surface area contributed by atoms with Gasteiger partial charge in [-0.1, -0.05) is 0 Å². The summed E-state index contributed by atoms with van der Waals surface area (Å²) in [6, 6.07) is 4.24. The molecule has 0 aliphatic heterocycles. The van der Waals surface area contributed by atoms with Crippen LogP contribution in [0.2, 0.25) is 0 Å². The van der Waals surface area contributed by atoms with Crippen molar-refractivity contribution < 1.29 is 0 Å². The highest BCUT2D eigenvalue weighted by Gasteiger charge is 2.06. The van der Waals surface area contributed by atoms with Crippen molar-refractivity contribution >= 4 is 34.7 Å². The third kappa shape index (κ3) is 2.11. The smallest absolute Gasteiger partial charge is 0.179 e. The van der Waals surface area contributed by atoms with E-state index in [1.807, 2.05) is 13.1 Å². The molecule has 3 heterocycles. The van der Waals surface area contributed by atoms with Crippen LogP contribution in [0.1, 0.15) is 11.1 Å². The number of H-pyrrole nitrogens is 1. The number of hydrogen-bond donors (Lipinski definition) is 1. The van der Waals surface area contributed by atoms with Gasteiger partial charge in [0, 0.05) is 12.7 Å². The van der Waals surface area contributed by atoms with Crippen LogP contribution in [0.3, 0.4) is 0 Å². The summed E-state index contributed by atoms with van der Waals surface area (Å²) in [6.45, 7) is 2.90. The van der Waals surface area contributed by atoms with Crippen LogP contribution in [0, 0.1) is 11.7 Å². The summed E-state index contributed by atoms with van der Waals surface area (Å²) in [5.74, 6) is 0. The lowest BCUT2D eigenvalue weighted by Gasteiger charge is -2.02. The fraction of sp³-hybridized carbons (Fsp3) is 0.231. The lowest BCUT2D eigenvalue weighted by molar-refractivity contribution is 0.701. The van der Waals surface area contributed by atoms with E-state index in [0.717, 1.165) is 34.5 Å². The van der Waals surface area contributed by atoms with E-state index in [1.165, 1.54) is 5.56 Å². The molecule has 1 N–H and O–H groups in total. The Bertz CT molecular complexity index is 722. The third-order valence-corrected chi connectivity index (χ3v) is 4.00. The van der Waals surface area contributed by atoms with Crippen molar-refractivity contribution in [3.05, 3.63) is 45.0 Å². The quantitative estimate of drug-likeness (QED) is 0.739. The normalized spacial score (nSPS) is 11.2. The molecule has 3 aromatic heterocycles. The van der Waals surface area contributed by atoms with E-state index in [-0.39, 0.29) is 0 Å². The van der Waals surface area contributed by atoms with E-state index in [0.29, 0.717) is 0 Å². The number of pyridine rings is 1. The van der Waals surface area contributed by atoms with Crippen molar-refractivity contribution in [2.45, 2.75) is 19.9 Å². The number of aromatic amines is 1. The fourth-order valence-electron chi connectivity index (χ4n) is 2.03. The monoisotopic (exact) mass is 275 g/mol. The van der Waals surface area contributed by atoms with Gasteiger partial charge in [0.25, 0.3) is 0 Å². The van der Waals surface area contributed by atoms with E-state index in [2.05, 4.69) is 37.4 Å². The van der Waals surface area contributed by atoms with E-state index < -0.39 is 0 Å². The van der Waals surface area contributed by atoms with Gasteiger partial charge in [-0.2, -0.15) is 11.3 Å². The first-order valence-electron chi connectivity index (χ1n) is 5.80. The van der Waals surface area contributed by atoms with Gasteiger partial charge in [0.15, 0.2) is 10.4 Å². The number of hydrogen-bond acceptors (Lipinski definition) is 3. The van der Waals surface area contributed by atoms with Crippen molar-refractivity contribution in [1.82, 2.24) is 14.5 Å². The molecule has 0 spiro atoms. The molecule has 0 aliphatic carbocycles. The van der Waals surface area contributed by atoms with Crippen molar-refractivity contribution in [3.63, 3.8) is 0 Å². The Morgan fingerprint density at radius 1 is 1.50 bits per heavy atom. The summed E-state index contributed by atoms with van der Waals surface area (Å²) >= 11 is 7.09. The predicted octanol–water partition coefficient (Wildman–Crippen LogP) is 3.71. The number of fused-ring (bicyclic) bond motifs is 1. The molecule has 3 nitrogen and oxygen atoms in total. The second-order valence-electron chi connectivity index (χ2n) is 4.35. The number of thiophene rings is 1. The van der Waals surface area contributed by atoms with E-state index in [4.69, 9.17) is 12.2 Å². The van der Waals surface area contributed by atoms with Crippen LogP contribution >= 0.6 is 23.6 Å². The Hall–Kier alpha value is -1.46. The van der Waals surface area contributed by atoms with Gasteiger partial charge in [0.05, 0.1) is 5.52 Å². The summed E-state index contributed by atoms with van der Waals surface area (Å²) < 4.78 is 2.82. The number of aryl methyl sites for hydroxylation is 3. The molecule has 18 heavy (non-hydrogen) atoms. The number of nitrogens with zero attached hydrogens (tertiary/aromatic N) is 2. The zero-order chi connectivity index (χ0) is 12.5. The second kappa shape index (κ2) is 4.66. The predicted molar refractivity (Wildman–Crippen MR) is 77.7 cm³/mol. The van der Waals surface area contributed by atoms with Gasteiger partial charge in [-0.05, 0) is 59.6 Å². The maximum Gasteiger partial charge on any atom is 0.179 e. The van der Waals surface area contributed by atoms with Gasteiger partial charge < -0.3 is 9.55 Å². The van der Waals surface area contributed by atoms with Crippen molar-refractivity contribution in [3.8, 4) is 0 Å². The molecule has 0 fully saturated rings. The number of nitrogens with one attached hydrogen (secondary N) is 1. The Balaban J connectivity index is 1.96. The van der Waals surface area contributed by atoms with Crippen LogP contribution in [0.4, 0.5) is 0 Å². The van der Waals surface area contributed by atoms with Crippen molar-refractivity contribution in [2.24, 2.45) is 0 Å². The zero-order valence-electron chi connectivity index (χ0n) is 10.0. The van der Waals surface area contributed by atoms with Gasteiger partial charge in [0.1, 0.15) is 0 Å². The molecule has 0 aliphatic rings. The molecule has 0 amide bonds. The molecular formula is C13H13N3S2. The Kier molecular flexibility index (Phi) is 3.01. The van der Waals surface area contributed by atoms with Crippen LogP contribution in [-0.4, -0.2) is 14.5 Å². The summed E-state index contributed by atoms with van der Waals surface area (Å²) in [4.78, 5) is 7.68. The molecule has 5 heteroatoms. The molecule has 0 unspecified atom stereocenters. The standard InChI is InChI=1S/C13H13N3S2/c1-9-6-11-12(14-7-9)16(13(17)15-11)4-2-10-3-5-18-8-10/h3,5-8H,2,4H2,1H3,(H,15,17). The van der Waals surface area contributed by atoms with Gasteiger partial charge in [0.2, 0.25) is 0 Å². The molecule has 3 rings (SSSR count). The van der Waals surface area contributed by atoms with Crippen molar-refractivity contribution in [2.75, 3.05) is 0 Å². The topological polar surface area (TPSA) is 33.6 Å². The molecule has 0 bridgehead atoms. The summed E-state index contributed by atoms with van der Waals surface area (Å²) in [7, 11) is 0. The highest BCUT2D eigenvalue weighted by Crippen LogP contribution is 2.14. The van der Waals surface area contributed by atoms with Gasteiger partial charge in [-0.25, -0.2) is 4.98 Å². The molecule has 0 aromatic carbocycles. The van der Waals surface area contributed by atoms with E-state index in [1.54, 1.807) is 11.3 Å². The van der Waals surface area contributed by atoms with Crippen molar-refractivity contribution in [1.29, 1.82) is 0 Å². The Morgan fingerprint density at radius 2 is 2.39 bits per heavy atom. The summed E-state index contributed by atoms with van der Waals surface area (Å²) in [5.41, 5.74) is 4.46. The lowest BCUT2D eigenvalue weighted by atomic mass is 10.2. The largest absolute Gasteiger partial charge is 0.329 e. The number of rotatable bonds is 3. The van der Waals surface area contributed by atoms with Crippen LogP contribution < -0.4 is 0 Å². The molecule has 0 saturated carbocycles. The average molecular weight is 275 g/mol. The highest BCUT2D eigenvalue weighted by atomic mass is 32.1. The fourth-order valence-corrected chi connectivity index (χ4v) is 3.02. The van der Waals surface area contributed by atoms with Crippen LogP contribution in [-0.2, 0) is 13.0 Å². The van der Waals surface area contributed by atoms with Crippen LogP contribution in [0.15, 0.2) is 29.1 Å². The zero-order valence-corrected chi connectivity index (χ0v) is 11.6. The molecule has 3 aromatic rings. The number of aromatic nitrogens is 3. The first-order valence-corrected chi connectivity index (χ1v) is 7.15. The van der Waals surface area contributed by atoms with Gasteiger partial charge in [-0.3, -0.25) is 0 Å². The molecule has 92 valence electrons. The SMILES string of the molecule is Cc1cnc2c(c1)[nH]c(=S)n2CCc1ccsc1. The molecule has 0 atom stereocenters. The van der Waals surface area contributed by atoms with Gasteiger partial charge >= 0.3 is 0 Å². The molecular weight excluding hydrogens is 262 g/mol. The average Bonchev–Trinajstić information content (AvgIpc) is 2.93. The third-order valence-electron chi connectivity index (χ3n) is 2.95. The van der Waals surface area contributed by atoms with Crippen LogP contribution in [0.25, 0.3) is 11.2 Å². The van der Waals surface area contributed by atoms with Crippen LogP contribution in [0.5, 0.6) is 0 Å². The molecule has 0 saturated heterocycles. The Morgan fingerprint density at radius 3 is 3.17 bits per heavy atom. The minimum atomic E-state index is 0.748. The number of imidazole rings is 1. The molecule has 0 radical (unpaired) electrons. The summed E-state index contributed by atoms with van der Waals surface area (Å²) in [5, 5.41) is 4.28. The minimum Gasteiger partial charge on any atom is -0.329 e. The highest BCUT2D eigenvalue weighted by molar-refractivity contribution is 7.71. The van der Waals surface area contributed by atoms with Gasteiger partial charge in [-0.15, -0.1) is 0 Å². The maximum atomic E-state index is 5.36. The first-order chi connectivity index (χ1) is 8.74. The van der Waals surface area contributed by atoms with E-state index >= 15 is 0 Å². The lowest BCUT2D eigenvalue weighted by Crippen LogP contribution is -2.01. The maximum absolute atomic E-state index is 5.36. The Labute approximate surface area is 114 Å². The minimum absolute atomic E-state index is 0.748. The summed E-state index contributed by atoms with van der Waals surface area (Å²) in [6.07, 6.45) is 2.87. The first kappa shape index (κ1) is 11.6. The second-order valence-corrected chi connectivity index (χ2v) is 5.51.